The number of rotatable bonds is 8. The molecule has 1 atom stereocenters. The number of hydrogen-bond acceptors (Lipinski definition) is 5. The van der Waals surface area contributed by atoms with Gasteiger partial charge in [0.2, 0.25) is 5.91 Å². The zero-order valence-electron chi connectivity index (χ0n) is 15.6. The van der Waals surface area contributed by atoms with E-state index in [1.165, 1.54) is 30.5 Å². The fourth-order valence-corrected chi connectivity index (χ4v) is 2.71. The predicted octanol–water partition coefficient (Wildman–Crippen LogP) is 3.02. The summed E-state index contributed by atoms with van der Waals surface area (Å²) < 4.78 is 43.0. The number of aromatic nitrogens is 2. The van der Waals surface area contributed by atoms with Crippen molar-refractivity contribution in [3.63, 3.8) is 0 Å². The van der Waals surface area contributed by atoms with E-state index in [0.29, 0.717) is 29.8 Å². The lowest BCUT2D eigenvalue weighted by Gasteiger charge is -2.26. The Hall–Kier alpha value is -2.68. The summed E-state index contributed by atoms with van der Waals surface area (Å²) >= 11 is 0. The van der Waals surface area contributed by atoms with Crippen molar-refractivity contribution in [2.24, 2.45) is 0 Å². The van der Waals surface area contributed by atoms with Crippen LogP contribution in [0, 0.1) is 0 Å². The smallest absolute Gasteiger partial charge is 0.433 e. The van der Waals surface area contributed by atoms with Gasteiger partial charge in [0, 0.05) is 30.7 Å². The van der Waals surface area contributed by atoms with Crippen LogP contribution in [0.5, 0.6) is 5.75 Å². The number of aliphatic hydroxyl groups is 1. The molecule has 0 spiro atoms. The molecule has 28 heavy (non-hydrogen) atoms. The zero-order chi connectivity index (χ0) is 20.7. The molecular formula is C19H22F3N3O3. The summed E-state index contributed by atoms with van der Waals surface area (Å²) in [5, 5.41) is 10.5. The van der Waals surface area contributed by atoms with Gasteiger partial charge in [-0.05, 0) is 24.1 Å². The molecule has 1 unspecified atom stereocenters. The highest BCUT2D eigenvalue weighted by atomic mass is 19.4. The van der Waals surface area contributed by atoms with Gasteiger partial charge >= 0.3 is 6.18 Å². The monoisotopic (exact) mass is 397 g/mol. The molecule has 0 bridgehead atoms. The van der Waals surface area contributed by atoms with Gasteiger partial charge in [-0.2, -0.15) is 13.2 Å². The Labute approximate surface area is 161 Å². The van der Waals surface area contributed by atoms with Gasteiger partial charge in [-0.15, -0.1) is 0 Å². The topological polar surface area (TPSA) is 75.6 Å². The number of nitrogens with zero attached hydrogens (tertiary/aromatic N) is 3. The number of methoxy groups -OCH3 is 1. The largest absolute Gasteiger partial charge is 0.496 e. The lowest BCUT2D eigenvalue weighted by molar-refractivity contribution is -0.141. The maximum Gasteiger partial charge on any atom is 0.433 e. The third kappa shape index (κ3) is 5.66. The normalized spacial score (nSPS) is 12.5. The number of pyridine rings is 2. The number of carbonyl (C=O) groups excluding carboxylic acids is 1. The second kappa shape index (κ2) is 9.50. The number of ether oxygens (including phenoxy) is 1. The molecule has 6 nitrogen and oxygen atoms in total. The fraction of sp³-hybridized carbons (Fsp3) is 0.421. The minimum atomic E-state index is -4.52. The number of halogens is 3. The molecule has 0 fully saturated rings. The molecule has 2 aromatic rings. The van der Waals surface area contributed by atoms with Crippen molar-refractivity contribution in [3.8, 4) is 5.75 Å². The lowest BCUT2D eigenvalue weighted by Crippen LogP contribution is -2.36. The Kier molecular flexibility index (Phi) is 7.33. The van der Waals surface area contributed by atoms with Crippen molar-refractivity contribution in [3.05, 3.63) is 53.6 Å². The molecule has 0 radical (unpaired) electrons. The highest BCUT2D eigenvalue weighted by Crippen LogP contribution is 2.27. The van der Waals surface area contributed by atoms with Crippen LogP contribution in [0.3, 0.4) is 0 Å². The third-order valence-corrected chi connectivity index (χ3v) is 4.10. The van der Waals surface area contributed by atoms with E-state index in [9.17, 15) is 23.1 Å². The molecule has 0 aromatic carbocycles. The number of aliphatic hydroxyl groups excluding tert-OH is 1. The van der Waals surface area contributed by atoms with Crippen LogP contribution in [0.4, 0.5) is 13.2 Å². The minimum Gasteiger partial charge on any atom is -0.496 e. The average molecular weight is 397 g/mol. The second-order valence-corrected chi connectivity index (χ2v) is 6.20. The first-order valence-electron chi connectivity index (χ1n) is 8.72. The van der Waals surface area contributed by atoms with Crippen molar-refractivity contribution in [1.29, 1.82) is 0 Å². The standard InChI is InChI=1S/C19H22F3N3O3/c1-3-8-25(12-15(26)14-11-23-7-6-16(14)28-2)18(27)9-13-4-5-17(24-10-13)19(20,21)22/h4-7,10-11,15,26H,3,8-9,12H2,1-2H3. The van der Waals surface area contributed by atoms with Crippen LogP contribution in [-0.2, 0) is 17.4 Å². The lowest BCUT2D eigenvalue weighted by atomic mass is 10.1. The van der Waals surface area contributed by atoms with Gasteiger partial charge in [0.05, 0.1) is 20.1 Å². The van der Waals surface area contributed by atoms with E-state index in [-0.39, 0.29) is 18.9 Å². The van der Waals surface area contributed by atoms with Crippen LogP contribution in [-0.4, -0.2) is 46.1 Å². The highest BCUT2D eigenvalue weighted by Gasteiger charge is 2.32. The first-order valence-corrected chi connectivity index (χ1v) is 8.72. The molecule has 0 aliphatic rings. The van der Waals surface area contributed by atoms with Crippen molar-refractivity contribution in [2.45, 2.75) is 32.0 Å². The molecule has 0 saturated carbocycles. The summed E-state index contributed by atoms with van der Waals surface area (Å²) in [5.74, 6) is 0.142. The quantitative estimate of drug-likeness (QED) is 0.741. The van der Waals surface area contributed by atoms with Crippen LogP contribution in [0.1, 0.15) is 36.3 Å². The molecule has 2 rings (SSSR count). The van der Waals surface area contributed by atoms with E-state index < -0.39 is 18.0 Å². The maximum absolute atomic E-state index is 12.6. The maximum atomic E-state index is 12.6. The summed E-state index contributed by atoms with van der Waals surface area (Å²) in [5.41, 5.74) is -0.184. The predicted molar refractivity (Wildman–Crippen MR) is 95.6 cm³/mol. The molecule has 9 heteroatoms. The zero-order valence-corrected chi connectivity index (χ0v) is 15.6. The van der Waals surface area contributed by atoms with Crippen LogP contribution in [0.25, 0.3) is 0 Å². The molecule has 2 aromatic heterocycles. The molecule has 1 N–H and O–H groups in total. The van der Waals surface area contributed by atoms with Crippen LogP contribution in [0.2, 0.25) is 0 Å². The van der Waals surface area contributed by atoms with E-state index >= 15 is 0 Å². The fourth-order valence-electron chi connectivity index (χ4n) is 2.71. The van der Waals surface area contributed by atoms with Crippen LogP contribution >= 0.6 is 0 Å². The van der Waals surface area contributed by atoms with Crippen LogP contribution in [0.15, 0.2) is 36.8 Å². The van der Waals surface area contributed by atoms with Gasteiger partial charge in [0.25, 0.3) is 0 Å². The molecule has 0 aliphatic heterocycles. The van der Waals surface area contributed by atoms with Crippen molar-refractivity contribution < 1.29 is 27.8 Å². The third-order valence-electron chi connectivity index (χ3n) is 4.10. The van der Waals surface area contributed by atoms with E-state index in [0.717, 1.165) is 12.3 Å². The van der Waals surface area contributed by atoms with Gasteiger partial charge in [-0.25, -0.2) is 0 Å². The number of alkyl halides is 3. The summed E-state index contributed by atoms with van der Waals surface area (Å²) in [6.07, 6.45) is -0.935. The van der Waals surface area contributed by atoms with E-state index in [1.807, 2.05) is 6.92 Å². The molecule has 2 heterocycles. The number of carbonyl (C=O) groups is 1. The van der Waals surface area contributed by atoms with Crippen molar-refractivity contribution >= 4 is 5.91 Å². The van der Waals surface area contributed by atoms with E-state index in [2.05, 4.69) is 9.97 Å². The molecule has 152 valence electrons. The molecule has 1 amide bonds. The van der Waals surface area contributed by atoms with Gasteiger partial charge in [-0.1, -0.05) is 13.0 Å². The Morgan fingerprint density at radius 1 is 1.29 bits per heavy atom. The van der Waals surface area contributed by atoms with Crippen molar-refractivity contribution in [2.75, 3.05) is 20.2 Å². The number of hydrogen-bond donors (Lipinski definition) is 1. The average Bonchev–Trinajstić information content (AvgIpc) is 2.67. The van der Waals surface area contributed by atoms with Gasteiger partial charge in [0.15, 0.2) is 0 Å². The Bertz CT molecular complexity index is 782. The molecule has 0 aliphatic carbocycles. The summed E-state index contributed by atoms with van der Waals surface area (Å²) in [7, 11) is 1.47. The van der Waals surface area contributed by atoms with E-state index in [4.69, 9.17) is 4.74 Å². The Morgan fingerprint density at radius 2 is 2.04 bits per heavy atom. The summed E-state index contributed by atoms with van der Waals surface area (Å²) in [6.45, 7) is 2.30. The van der Waals surface area contributed by atoms with E-state index in [1.54, 1.807) is 6.07 Å². The van der Waals surface area contributed by atoms with Crippen molar-refractivity contribution in [1.82, 2.24) is 14.9 Å². The first-order chi connectivity index (χ1) is 13.3. The first kappa shape index (κ1) is 21.6. The van der Waals surface area contributed by atoms with Gasteiger partial charge < -0.3 is 14.7 Å². The summed E-state index contributed by atoms with van der Waals surface area (Å²) in [6, 6.07) is 3.69. The highest BCUT2D eigenvalue weighted by molar-refractivity contribution is 5.78. The second-order valence-electron chi connectivity index (χ2n) is 6.20. The number of amides is 1. The van der Waals surface area contributed by atoms with Gasteiger partial charge in [0.1, 0.15) is 17.5 Å². The Morgan fingerprint density at radius 3 is 2.61 bits per heavy atom. The summed E-state index contributed by atoms with van der Waals surface area (Å²) in [4.78, 5) is 21.4. The Balaban J connectivity index is 2.09. The van der Waals surface area contributed by atoms with Crippen LogP contribution < -0.4 is 4.74 Å². The molecular weight excluding hydrogens is 375 g/mol. The molecule has 0 saturated heterocycles. The minimum absolute atomic E-state index is 0.0167. The SMILES string of the molecule is CCCN(CC(O)c1cnccc1OC)C(=O)Cc1ccc(C(F)(F)F)nc1. The van der Waals surface area contributed by atoms with Gasteiger partial charge in [-0.3, -0.25) is 14.8 Å².